The number of halogens is 5. The van der Waals surface area contributed by atoms with Crippen molar-refractivity contribution in [1.29, 1.82) is 0 Å². The summed E-state index contributed by atoms with van der Waals surface area (Å²) in [5, 5.41) is 0.456. The van der Waals surface area contributed by atoms with Crippen LogP contribution in [0.5, 0.6) is 0 Å². The molecule has 0 nitrogen and oxygen atoms in total. The quantitative estimate of drug-likeness (QED) is 0.319. The Balaban J connectivity index is 5.94. The van der Waals surface area contributed by atoms with Crippen molar-refractivity contribution in [3.8, 4) is 10.8 Å². The molecule has 0 saturated heterocycles. The van der Waals surface area contributed by atoms with Crippen LogP contribution in [-0.2, 0) is 0 Å². The third kappa shape index (κ3) is 4.80. The number of hydrogen-bond donors (Lipinski definition) is 0. The maximum Gasteiger partial charge on any atom is 0.344 e. The van der Waals surface area contributed by atoms with Gasteiger partial charge in [-0.15, -0.1) is 5.54 Å². The van der Waals surface area contributed by atoms with Gasteiger partial charge in [-0.2, -0.15) is 0 Å². The van der Waals surface area contributed by atoms with Gasteiger partial charge in [-0.25, -0.2) is 0 Å². The van der Waals surface area contributed by atoms with E-state index in [1.165, 1.54) is 0 Å². The highest BCUT2D eigenvalue weighted by Gasteiger charge is 2.62. The third-order valence-corrected chi connectivity index (χ3v) is 10.3. The van der Waals surface area contributed by atoms with E-state index in [1.807, 2.05) is 5.54 Å². The van der Waals surface area contributed by atoms with Crippen molar-refractivity contribution in [3.05, 3.63) is 0 Å². The minimum atomic E-state index is -9.63. The highest BCUT2D eigenvalue weighted by atomic mass is 32.5. The Morgan fingerprint density at radius 2 is 1.00 bits per heavy atom. The van der Waals surface area contributed by atoms with E-state index in [-0.39, 0.29) is 16.6 Å². The first kappa shape index (κ1) is 17.8. The van der Waals surface area contributed by atoms with Gasteiger partial charge in [0.1, 0.15) is 8.07 Å². The number of rotatable bonds is 3. The predicted octanol–water partition coefficient (Wildman–Crippen LogP) is 6.46. The Bertz CT molecular complexity index is 349. The summed E-state index contributed by atoms with van der Waals surface area (Å²) in [6, 6.07) is 0. The highest BCUT2D eigenvalue weighted by Crippen LogP contribution is 2.97. The van der Waals surface area contributed by atoms with E-state index in [2.05, 4.69) is 0 Å². The van der Waals surface area contributed by atoms with Crippen molar-refractivity contribution >= 4 is 18.3 Å². The topological polar surface area (TPSA) is 0 Å². The third-order valence-electron chi connectivity index (χ3n) is 3.33. The van der Waals surface area contributed by atoms with Crippen LogP contribution in [0.2, 0.25) is 16.6 Å². The van der Waals surface area contributed by atoms with Crippen molar-refractivity contribution in [2.45, 2.75) is 58.2 Å². The van der Waals surface area contributed by atoms with Crippen molar-refractivity contribution in [2.24, 2.45) is 0 Å². The van der Waals surface area contributed by atoms with Crippen LogP contribution in [0.3, 0.4) is 0 Å². The first-order chi connectivity index (χ1) is 7.51. The van der Waals surface area contributed by atoms with Crippen LogP contribution >= 0.6 is 10.2 Å². The minimum Gasteiger partial charge on any atom is -0.110 e. The molecule has 0 heterocycles. The second-order valence-electron chi connectivity index (χ2n) is 5.59. The maximum atomic E-state index is 12.4. The van der Waals surface area contributed by atoms with Crippen LogP contribution in [0, 0.1) is 10.8 Å². The summed E-state index contributed by atoms with van der Waals surface area (Å²) >= 11 is 0. The molecule has 0 aromatic heterocycles. The van der Waals surface area contributed by atoms with Gasteiger partial charge in [0.2, 0.25) is 0 Å². The van der Waals surface area contributed by atoms with Crippen molar-refractivity contribution in [3.63, 3.8) is 0 Å². The molecule has 0 aliphatic carbocycles. The van der Waals surface area contributed by atoms with E-state index in [0.717, 1.165) is 0 Å². The van der Waals surface area contributed by atoms with Crippen molar-refractivity contribution in [1.82, 2.24) is 0 Å². The molecule has 0 aromatic carbocycles. The SMILES string of the molecule is CC(C)[Si](C#CS(F)(F)(F)(F)F)(C(C)C)C(C)C. The van der Waals surface area contributed by atoms with Crippen LogP contribution in [0.25, 0.3) is 0 Å². The van der Waals surface area contributed by atoms with Gasteiger partial charge >= 0.3 is 10.2 Å². The van der Waals surface area contributed by atoms with Gasteiger partial charge in [0.25, 0.3) is 0 Å². The molecule has 0 aromatic rings. The molecule has 0 aliphatic rings. The second-order valence-corrected chi connectivity index (χ2v) is 13.3. The molecule has 0 radical (unpaired) electrons. The van der Waals surface area contributed by atoms with E-state index < -0.39 is 18.3 Å². The lowest BCUT2D eigenvalue weighted by Crippen LogP contribution is -2.43. The molecule has 0 rings (SSSR count). The van der Waals surface area contributed by atoms with Gasteiger partial charge in [0, 0.05) is 0 Å². The van der Waals surface area contributed by atoms with E-state index in [9.17, 15) is 19.4 Å². The molecular formula is C11H21F5SSi. The summed E-state index contributed by atoms with van der Waals surface area (Å²) in [6.45, 7) is 10.6. The average molecular weight is 308 g/mol. The predicted molar refractivity (Wildman–Crippen MR) is 72.0 cm³/mol. The van der Waals surface area contributed by atoms with Crippen LogP contribution in [-0.4, -0.2) is 8.07 Å². The van der Waals surface area contributed by atoms with Gasteiger partial charge < -0.3 is 0 Å². The Morgan fingerprint density at radius 3 is 1.17 bits per heavy atom. The van der Waals surface area contributed by atoms with Crippen molar-refractivity contribution in [2.75, 3.05) is 0 Å². The Morgan fingerprint density at radius 1 is 0.722 bits per heavy atom. The lowest BCUT2D eigenvalue weighted by molar-refractivity contribution is 0.389. The smallest absolute Gasteiger partial charge is 0.110 e. The largest absolute Gasteiger partial charge is 0.344 e. The van der Waals surface area contributed by atoms with Gasteiger partial charge in [-0.05, 0) is 16.6 Å². The normalized spacial score (nSPS) is 17.4. The fraction of sp³-hybridized carbons (Fsp3) is 0.818. The minimum absolute atomic E-state index is 0.107. The first-order valence-electron chi connectivity index (χ1n) is 5.81. The lowest BCUT2D eigenvalue weighted by atomic mass is 10.5. The zero-order valence-corrected chi connectivity index (χ0v) is 13.3. The van der Waals surface area contributed by atoms with E-state index >= 15 is 0 Å². The molecule has 0 unspecified atom stereocenters. The monoisotopic (exact) mass is 308 g/mol. The summed E-state index contributed by atoms with van der Waals surface area (Å²) in [7, 11) is -12.4. The zero-order chi connectivity index (χ0) is 15.1. The van der Waals surface area contributed by atoms with Gasteiger partial charge in [0.05, 0.1) is 5.25 Å². The molecule has 18 heavy (non-hydrogen) atoms. The van der Waals surface area contributed by atoms with E-state index in [1.54, 1.807) is 41.5 Å². The molecule has 0 N–H and O–H groups in total. The molecule has 0 fully saturated rings. The van der Waals surface area contributed by atoms with E-state index in [0.29, 0.717) is 5.25 Å². The molecular weight excluding hydrogens is 287 g/mol. The fourth-order valence-electron chi connectivity index (χ4n) is 2.62. The summed E-state index contributed by atoms with van der Waals surface area (Å²) in [6.07, 6.45) is 0. The first-order valence-corrected chi connectivity index (χ1v) is 9.99. The summed E-state index contributed by atoms with van der Waals surface area (Å²) in [4.78, 5) is 0. The van der Waals surface area contributed by atoms with E-state index in [4.69, 9.17) is 0 Å². The molecule has 0 spiro atoms. The Hall–Kier alpha value is -0.223. The van der Waals surface area contributed by atoms with Crippen LogP contribution in [0.15, 0.2) is 0 Å². The Labute approximate surface area is 107 Å². The second kappa shape index (κ2) is 4.14. The van der Waals surface area contributed by atoms with Crippen LogP contribution in [0.4, 0.5) is 19.4 Å². The maximum absolute atomic E-state index is 12.4. The van der Waals surface area contributed by atoms with Crippen molar-refractivity contribution < 1.29 is 19.4 Å². The van der Waals surface area contributed by atoms with Crippen LogP contribution in [0.1, 0.15) is 41.5 Å². The molecule has 110 valence electrons. The molecule has 0 atom stereocenters. The zero-order valence-electron chi connectivity index (χ0n) is 11.5. The molecule has 0 saturated carbocycles. The summed E-state index contributed by atoms with van der Waals surface area (Å²) < 4.78 is 61.9. The van der Waals surface area contributed by atoms with Gasteiger partial charge in [0.15, 0.2) is 0 Å². The van der Waals surface area contributed by atoms with Gasteiger partial charge in [-0.3, -0.25) is 0 Å². The van der Waals surface area contributed by atoms with Crippen LogP contribution < -0.4 is 0 Å². The standard InChI is InChI=1S/C11H21F5SSi/c1-9(2)18(10(3)4,11(5)6)8-7-17(12,13,14,15)16/h9-11H,1-6H3. The Kier molecular flexibility index (Phi) is 4.08. The average Bonchev–Trinajstić information content (AvgIpc) is 1.97. The highest BCUT2D eigenvalue weighted by molar-refractivity contribution is 8.49. The molecule has 0 amide bonds. The summed E-state index contributed by atoms with van der Waals surface area (Å²) in [5.74, 6) is 0. The molecule has 0 bridgehead atoms. The molecule has 0 aliphatic heterocycles. The summed E-state index contributed by atoms with van der Waals surface area (Å²) in [5.41, 5.74) is 1.70. The lowest BCUT2D eigenvalue weighted by Gasteiger charge is -2.40. The fourth-order valence-corrected chi connectivity index (χ4v) is 8.96. The molecule has 7 heteroatoms. The number of hydrogen-bond acceptors (Lipinski definition) is 0. The van der Waals surface area contributed by atoms with Gasteiger partial charge in [-0.1, -0.05) is 61.0 Å².